The van der Waals surface area contributed by atoms with Gasteiger partial charge in [-0.3, -0.25) is 4.79 Å². The summed E-state index contributed by atoms with van der Waals surface area (Å²) in [5.41, 5.74) is -1.01. The van der Waals surface area contributed by atoms with E-state index in [1.807, 2.05) is 13.8 Å². The number of hydrogen-bond acceptors (Lipinski definition) is 7. The van der Waals surface area contributed by atoms with Gasteiger partial charge >= 0.3 is 24.4 Å². The Morgan fingerprint density at radius 1 is 1.03 bits per heavy atom. The van der Waals surface area contributed by atoms with Crippen molar-refractivity contribution in [2.45, 2.75) is 88.7 Å². The molecular formula is C21H30F6N4O5. The molecule has 36 heavy (non-hydrogen) atoms. The molecule has 9 nitrogen and oxygen atoms in total. The minimum Gasteiger partial charge on any atom is -0.480 e. The molecule has 3 fully saturated rings. The molecule has 206 valence electrons. The van der Waals surface area contributed by atoms with Crippen molar-refractivity contribution in [1.82, 2.24) is 20.4 Å². The van der Waals surface area contributed by atoms with Crippen LogP contribution in [0.2, 0.25) is 0 Å². The molecule has 0 radical (unpaired) electrons. The Labute approximate surface area is 203 Å². The van der Waals surface area contributed by atoms with Crippen LogP contribution in [0.1, 0.15) is 64.2 Å². The summed E-state index contributed by atoms with van der Waals surface area (Å²) >= 11 is 0. The number of hydrogen-bond donors (Lipinski definition) is 2. The summed E-state index contributed by atoms with van der Waals surface area (Å²) in [5, 5.41) is 19.4. The first-order valence-corrected chi connectivity index (χ1v) is 11.6. The van der Waals surface area contributed by atoms with Crippen LogP contribution in [0, 0.1) is 6.92 Å². The summed E-state index contributed by atoms with van der Waals surface area (Å²) in [6, 6.07) is 0. The predicted octanol–water partition coefficient (Wildman–Crippen LogP) is 4.35. The maximum Gasteiger partial charge on any atom is 0.434 e. The van der Waals surface area contributed by atoms with E-state index in [-0.39, 0.29) is 24.5 Å². The minimum absolute atomic E-state index is 0.0776. The first kappa shape index (κ1) is 29.6. The van der Waals surface area contributed by atoms with Gasteiger partial charge < -0.3 is 24.5 Å². The number of rotatable bonds is 3. The molecule has 2 N–H and O–H groups in total. The molecule has 15 heteroatoms. The molecule has 0 aromatic carbocycles. The minimum atomic E-state index is -5.68. The molecule has 1 saturated carbocycles. The average molecular weight is 532 g/mol. The number of piperidine rings is 1. The van der Waals surface area contributed by atoms with Gasteiger partial charge in [0.15, 0.2) is 0 Å². The molecule has 2 aliphatic heterocycles. The lowest BCUT2D eigenvalue weighted by Crippen LogP contribution is -2.53. The van der Waals surface area contributed by atoms with Crippen molar-refractivity contribution in [2.75, 3.05) is 19.6 Å². The number of ether oxygens (including phenoxy) is 1. The fourth-order valence-electron chi connectivity index (χ4n) is 4.04. The van der Waals surface area contributed by atoms with Gasteiger partial charge in [-0.15, -0.1) is 10.2 Å². The molecule has 2 saturated heterocycles. The highest BCUT2D eigenvalue weighted by atomic mass is 19.4. The SMILES string of the molecule is CC.Cc1nnc(C2(C(=O)O)CC2)o1.O=C(OC(C(F)(F)F)C(F)(F)F)N1CCC2(CCCN2)CC1. The standard InChI is InChI=1S/C12H16F6N2O2.C7H8N2O3.C2H6/c13-11(14,15)8(12(16,17)18)22-9(21)20-6-3-10(4-7-20)2-1-5-19-10;1-4-8-9-5(12-4)7(2-3-7)6(10)11;1-2/h8,19H,1-7H2;2-3H2,1H3,(H,10,11);1-2H3. The smallest absolute Gasteiger partial charge is 0.434 e. The number of likely N-dealkylation sites (tertiary alicyclic amines) is 1. The van der Waals surface area contributed by atoms with E-state index in [2.05, 4.69) is 20.3 Å². The van der Waals surface area contributed by atoms with Crippen molar-refractivity contribution in [1.29, 1.82) is 0 Å². The van der Waals surface area contributed by atoms with Gasteiger partial charge in [-0.1, -0.05) is 13.8 Å². The van der Waals surface area contributed by atoms with E-state index in [4.69, 9.17) is 9.52 Å². The van der Waals surface area contributed by atoms with E-state index >= 15 is 0 Å². The Morgan fingerprint density at radius 2 is 1.58 bits per heavy atom. The summed E-state index contributed by atoms with van der Waals surface area (Å²) in [4.78, 5) is 23.3. The lowest BCUT2D eigenvalue weighted by Gasteiger charge is -2.39. The molecular weight excluding hydrogens is 502 g/mol. The largest absolute Gasteiger partial charge is 0.480 e. The summed E-state index contributed by atoms with van der Waals surface area (Å²) in [7, 11) is 0. The van der Waals surface area contributed by atoms with Gasteiger partial charge in [0.25, 0.3) is 6.10 Å². The van der Waals surface area contributed by atoms with E-state index in [9.17, 15) is 35.9 Å². The van der Waals surface area contributed by atoms with Gasteiger partial charge in [0.1, 0.15) is 5.41 Å². The van der Waals surface area contributed by atoms with Crippen LogP contribution < -0.4 is 5.32 Å². The molecule has 3 aliphatic rings. The quantitative estimate of drug-likeness (QED) is 0.552. The highest BCUT2D eigenvalue weighted by Gasteiger charge is 2.60. The van der Waals surface area contributed by atoms with E-state index in [1.165, 1.54) is 0 Å². The third kappa shape index (κ3) is 7.01. The van der Waals surface area contributed by atoms with Crippen LogP contribution in [0.3, 0.4) is 0 Å². The maximum atomic E-state index is 12.4. The summed E-state index contributed by atoms with van der Waals surface area (Å²) in [6.45, 7) is 6.63. The maximum absolute atomic E-state index is 12.4. The van der Waals surface area contributed by atoms with Crippen LogP contribution in [0.4, 0.5) is 31.1 Å². The zero-order chi connectivity index (χ0) is 27.4. The lowest BCUT2D eigenvalue weighted by atomic mass is 9.86. The topological polar surface area (TPSA) is 118 Å². The molecule has 1 aromatic heterocycles. The Hall–Kier alpha value is -2.58. The molecule has 0 atom stereocenters. The van der Waals surface area contributed by atoms with Gasteiger partial charge in [-0.2, -0.15) is 26.3 Å². The number of nitrogens with zero attached hydrogens (tertiary/aromatic N) is 3. The van der Waals surface area contributed by atoms with E-state index < -0.39 is 35.9 Å². The van der Waals surface area contributed by atoms with Gasteiger partial charge in [-0.25, -0.2) is 4.79 Å². The molecule has 3 heterocycles. The van der Waals surface area contributed by atoms with Crippen LogP contribution in [-0.4, -0.2) is 75.9 Å². The number of carboxylic acid groups (broad SMARTS) is 1. The van der Waals surface area contributed by atoms with Crippen LogP contribution in [-0.2, 0) is 14.9 Å². The molecule has 0 unspecified atom stereocenters. The van der Waals surface area contributed by atoms with Crippen molar-refractivity contribution in [3.63, 3.8) is 0 Å². The second kappa shape index (κ2) is 11.2. The summed E-state index contributed by atoms with van der Waals surface area (Å²) in [6.07, 6.45) is -13.0. The second-order valence-electron chi connectivity index (χ2n) is 8.66. The second-order valence-corrected chi connectivity index (χ2v) is 8.66. The number of aryl methyl sites for hydroxylation is 1. The van der Waals surface area contributed by atoms with Crippen molar-refractivity contribution in [2.24, 2.45) is 0 Å². The van der Waals surface area contributed by atoms with Crippen molar-refractivity contribution < 1.29 is 50.2 Å². The molecule has 1 spiro atoms. The normalized spacial score (nSPS) is 20.2. The highest BCUT2D eigenvalue weighted by Crippen LogP contribution is 2.47. The molecule has 4 rings (SSSR count). The third-order valence-electron chi connectivity index (χ3n) is 6.22. The van der Waals surface area contributed by atoms with Gasteiger partial charge in [0.2, 0.25) is 11.8 Å². The number of amides is 1. The summed E-state index contributed by atoms with van der Waals surface area (Å²) < 4.78 is 82.9. The number of nitrogens with one attached hydrogen (secondary N) is 1. The Morgan fingerprint density at radius 3 is 1.94 bits per heavy atom. The van der Waals surface area contributed by atoms with Crippen molar-refractivity contribution in [3.05, 3.63) is 11.8 Å². The van der Waals surface area contributed by atoms with Gasteiger partial charge in [-0.05, 0) is 45.1 Å². The highest BCUT2D eigenvalue weighted by molar-refractivity contribution is 5.83. The third-order valence-corrected chi connectivity index (χ3v) is 6.22. The fourth-order valence-corrected chi connectivity index (χ4v) is 4.04. The van der Waals surface area contributed by atoms with Gasteiger partial charge in [0.05, 0.1) is 0 Å². The first-order valence-electron chi connectivity index (χ1n) is 11.6. The number of aliphatic carboxylic acids is 1. The predicted molar refractivity (Wildman–Crippen MR) is 112 cm³/mol. The van der Waals surface area contributed by atoms with E-state index in [0.717, 1.165) is 24.3 Å². The number of aromatic nitrogens is 2. The number of carboxylic acids is 1. The monoisotopic (exact) mass is 532 g/mol. The number of carbonyl (C=O) groups excluding carboxylic acids is 1. The average Bonchev–Trinajstić information content (AvgIpc) is 3.31. The van der Waals surface area contributed by atoms with Gasteiger partial charge in [0, 0.05) is 25.6 Å². The Bertz CT molecular complexity index is 870. The van der Waals surface area contributed by atoms with E-state index in [1.54, 1.807) is 6.92 Å². The molecule has 0 bridgehead atoms. The van der Waals surface area contributed by atoms with Crippen LogP contribution in [0.5, 0.6) is 0 Å². The number of halogens is 6. The molecule has 1 aliphatic carbocycles. The van der Waals surface area contributed by atoms with Crippen LogP contribution in [0.15, 0.2) is 4.42 Å². The fraction of sp³-hybridized carbons (Fsp3) is 0.810. The molecule has 1 aromatic rings. The zero-order valence-corrected chi connectivity index (χ0v) is 20.1. The van der Waals surface area contributed by atoms with Crippen molar-refractivity contribution >= 4 is 12.1 Å². The zero-order valence-electron chi connectivity index (χ0n) is 20.1. The first-order chi connectivity index (χ1) is 16.7. The Balaban J connectivity index is 0.000000273. The lowest BCUT2D eigenvalue weighted by molar-refractivity contribution is -0.308. The van der Waals surface area contributed by atoms with Crippen LogP contribution in [0.25, 0.3) is 0 Å². The Kier molecular flexibility index (Phi) is 9.24. The van der Waals surface area contributed by atoms with Crippen molar-refractivity contribution in [3.8, 4) is 0 Å². The number of carbonyl (C=O) groups is 2. The van der Waals surface area contributed by atoms with Crippen LogP contribution >= 0.6 is 0 Å². The molecule has 1 amide bonds. The summed E-state index contributed by atoms with van der Waals surface area (Å²) in [5.74, 6) is -0.212. The number of alkyl halides is 6. The van der Waals surface area contributed by atoms with E-state index in [0.29, 0.717) is 31.6 Å².